The van der Waals surface area contributed by atoms with Gasteiger partial charge in [0.05, 0.1) is 11.1 Å². The van der Waals surface area contributed by atoms with Gasteiger partial charge in [-0.05, 0) is 12.1 Å². The fourth-order valence-electron chi connectivity index (χ4n) is 2.44. The van der Waals surface area contributed by atoms with E-state index in [9.17, 15) is 29.4 Å². The maximum atomic E-state index is 12.0. The van der Waals surface area contributed by atoms with Crippen LogP contribution in [0, 0.1) is 0 Å². The number of carbonyl (C=O) groups is 2. The molecule has 2 heterocycles. The van der Waals surface area contributed by atoms with Gasteiger partial charge < -0.3 is 35.3 Å². The van der Waals surface area contributed by atoms with E-state index in [4.69, 9.17) is 0 Å². The number of aryl methyl sites for hydroxylation is 2. The Morgan fingerprint density at radius 1 is 0.800 bits per heavy atom. The Bertz CT molecular complexity index is 951. The second-order valence-electron chi connectivity index (χ2n) is 6.25. The Balaban J connectivity index is 0.00000450. The third-order valence-electron chi connectivity index (χ3n) is 4.15. The van der Waals surface area contributed by atoms with Gasteiger partial charge in [0.15, 0.2) is 11.5 Å². The summed E-state index contributed by atoms with van der Waals surface area (Å²) < 4.78 is 2.32. The molecule has 0 saturated heterocycles. The summed E-state index contributed by atoms with van der Waals surface area (Å²) in [6.07, 6.45) is 2.77. The number of nitrogens with zero attached hydrogens (tertiary/aromatic N) is 2. The summed E-state index contributed by atoms with van der Waals surface area (Å²) in [5, 5.41) is 27.6. The molecule has 0 saturated carbocycles. The van der Waals surface area contributed by atoms with Gasteiger partial charge in [-0.25, -0.2) is 0 Å². The molecular formula is C18H23FeN5O6. The van der Waals surface area contributed by atoms with Crippen LogP contribution in [-0.2, 0) is 31.2 Å². The summed E-state index contributed by atoms with van der Waals surface area (Å²) in [6.45, 7) is 1.22. The number of amides is 2. The Hall–Kier alpha value is -3.08. The van der Waals surface area contributed by atoms with E-state index < -0.39 is 34.4 Å². The standard InChI is InChI=1S/C18H23N5O6.Fe/c1-22-9-3-11(13(24)17(22)28)15(26)20-7-5-19-6-8-21-16(27)12-4-10-23(2)18(29)14(12)25;/h3-4,9-10,19,24-25H,5-8H2,1-2H3,(H,20,26)(H,21,27);. The molecule has 0 atom stereocenters. The van der Waals surface area contributed by atoms with Crippen LogP contribution < -0.4 is 27.1 Å². The average Bonchev–Trinajstić information content (AvgIpc) is 2.69. The topological polar surface area (TPSA) is 155 Å². The molecule has 12 heteroatoms. The van der Waals surface area contributed by atoms with Crippen LogP contribution in [0.15, 0.2) is 34.1 Å². The molecule has 2 rings (SSSR count). The van der Waals surface area contributed by atoms with Crippen molar-refractivity contribution in [2.24, 2.45) is 14.1 Å². The molecule has 2 aromatic rings. The molecule has 0 spiro atoms. The molecule has 0 radical (unpaired) electrons. The number of nitrogens with one attached hydrogen (secondary N) is 3. The minimum atomic E-state index is -0.658. The summed E-state index contributed by atoms with van der Waals surface area (Å²) in [5.41, 5.74) is -1.52. The molecule has 0 aromatic carbocycles. The Morgan fingerprint density at radius 3 is 1.53 bits per heavy atom. The second-order valence-corrected chi connectivity index (χ2v) is 6.25. The van der Waals surface area contributed by atoms with Gasteiger partial charge in [-0.15, -0.1) is 0 Å². The van der Waals surface area contributed by atoms with Crippen molar-refractivity contribution in [3.63, 3.8) is 0 Å². The maximum absolute atomic E-state index is 12.0. The van der Waals surface area contributed by atoms with Crippen LogP contribution in [0.1, 0.15) is 20.7 Å². The van der Waals surface area contributed by atoms with E-state index in [1.54, 1.807) is 0 Å². The average molecular weight is 461 g/mol. The van der Waals surface area contributed by atoms with Gasteiger partial charge >= 0.3 is 0 Å². The molecule has 5 N–H and O–H groups in total. The van der Waals surface area contributed by atoms with E-state index in [1.165, 1.54) is 38.6 Å². The number of hydrogen-bond acceptors (Lipinski definition) is 7. The number of hydrogen-bond donors (Lipinski definition) is 5. The van der Waals surface area contributed by atoms with E-state index in [1.807, 2.05) is 0 Å². The first-order valence-electron chi connectivity index (χ1n) is 8.78. The van der Waals surface area contributed by atoms with E-state index >= 15 is 0 Å². The van der Waals surface area contributed by atoms with Gasteiger partial charge in [0.25, 0.3) is 22.9 Å². The smallest absolute Gasteiger partial charge is 0.293 e. The number of pyridine rings is 2. The monoisotopic (exact) mass is 461 g/mol. The van der Waals surface area contributed by atoms with Gasteiger partial charge in [0, 0.05) is 69.7 Å². The first-order valence-corrected chi connectivity index (χ1v) is 8.78. The third-order valence-corrected chi connectivity index (χ3v) is 4.15. The Kier molecular flexibility index (Phi) is 9.31. The van der Waals surface area contributed by atoms with Crippen molar-refractivity contribution in [2.45, 2.75) is 0 Å². The molecule has 0 aliphatic rings. The molecule has 11 nitrogen and oxygen atoms in total. The fraction of sp³-hybridized carbons (Fsp3) is 0.333. The normalized spacial score (nSPS) is 10.2. The molecule has 0 unspecified atom stereocenters. The van der Waals surface area contributed by atoms with Crippen LogP contribution in [0.5, 0.6) is 11.5 Å². The van der Waals surface area contributed by atoms with Crippen LogP contribution in [0.2, 0.25) is 0 Å². The first kappa shape index (κ1) is 25.0. The predicted molar refractivity (Wildman–Crippen MR) is 104 cm³/mol. The van der Waals surface area contributed by atoms with E-state index in [0.29, 0.717) is 13.1 Å². The van der Waals surface area contributed by atoms with Crippen molar-refractivity contribution in [2.75, 3.05) is 26.2 Å². The third kappa shape index (κ3) is 5.96. The summed E-state index contributed by atoms with van der Waals surface area (Å²) in [5.74, 6) is -2.36. The summed E-state index contributed by atoms with van der Waals surface area (Å²) in [6, 6.07) is 2.70. The molecule has 0 fully saturated rings. The largest absolute Gasteiger partial charge is 0.502 e. The molecule has 2 amide bonds. The van der Waals surface area contributed by atoms with Gasteiger partial charge in [-0.2, -0.15) is 0 Å². The molecular weight excluding hydrogens is 438 g/mol. The van der Waals surface area contributed by atoms with Crippen molar-refractivity contribution in [1.29, 1.82) is 0 Å². The van der Waals surface area contributed by atoms with Crippen LogP contribution >= 0.6 is 0 Å². The predicted octanol–water partition coefficient (Wildman–Crippen LogP) is -1.76. The SMILES string of the molecule is Cn1ccc(C(=O)NCCNCCNC(=O)c2ccn(C)c(=O)c2O)c(O)c1=O.[Fe]. The minimum absolute atomic E-state index is 0. The maximum Gasteiger partial charge on any atom is 0.293 e. The van der Waals surface area contributed by atoms with Crippen molar-refractivity contribution < 1.29 is 36.9 Å². The summed E-state index contributed by atoms with van der Waals surface area (Å²) >= 11 is 0. The minimum Gasteiger partial charge on any atom is -0.502 e. The van der Waals surface area contributed by atoms with E-state index in [-0.39, 0.29) is 41.3 Å². The van der Waals surface area contributed by atoms with Crippen molar-refractivity contribution in [3.05, 3.63) is 56.4 Å². The number of aromatic hydroxyl groups is 2. The van der Waals surface area contributed by atoms with Crippen molar-refractivity contribution >= 4 is 11.8 Å². The van der Waals surface area contributed by atoms with E-state index in [0.717, 1.165) is 9.13 Å². The second kappa shape index (κ2) is 11.2. The Morgan fingerprint density at radius 2 is 1.17 bits per heavy atom. The fourth-order valence-corrected chi connectivity index (χ4v) is 2.44. The molecule has 0 aliphatic heterocycles. The van der Waals surface area contributed by atoms with Crippen LogP contribution in [0.4, 0.5) is 0 Å². The summed E-state index contributed by atoms with van der Waals surface area (Å²) in [7, 11) is 2.93. The van der Waals surface area contributed by atoms with Crippen molar-refractivity contribution in [1.82, 2.24) is 25.1 Å². The zero-order chi connectivity index (χ0) is 21.6. The van der Waals surface area contributed by atoms with Gasteiger partial charge in [0.1, 0.15) is 0 Å². The van der Waals surface area contributed by atoms with Crippen molar-refractivity contribution in [3.8, 4) is 11.5 Å². The number of rotatable bonds is 8. The zero-order valence-corrected chi connectivity index (χ0v) is 17.5. The molecule has 30 heavy (non-hydrogen) atoms. The molecule has 0 bridgehead atoms. The molecule has 164 valence electrons. The molecule has 2 aromatic heterocycles. The first-order chi connectivity index (χ1) is 13.7. The zero-order valence-electron chi connectivity index (χ0n) is 16.4. The van der Waals surface area contributed by atoms with E-state index in [2.05, 4.69) is 16.0 Å². The van der Waals surface area contributed by atoms with Crippen LogP contribution in [-0.4, -0.2) is 57.3 Å². The number of carbonyl (C=O) groups excluding carboxylic acids is 2. The summed E-state index contributed by atoms with van der Waals surface area (Å²) in [4.78, 5) is 47.2. The quantitative estimate of drug-likeness (QED) is 0.231. The van der Waals surface area contributed by atoms with Gasteiger partial charge in [-0.3, -0.25) is 19.2 Å². The molecule has 0 aliphatic carbocycles. The number of aromatic nitrogens is 2. The van der Waals surface area contributed by atoms with Gasteiger partial charge in [-0.1, -0.05) is 0 Å². The van der Waals surface area contributed by atoms with Gasteiger partial charge in [0.2, 0.25) is 0 Å². The van der Waals surface area contributed by atoms with Crippen LogP contribution in [0.3, 0.4) is 0 Å². The van der Waals surface area contributed by atoms with Crippen LogP contribution in [0.25, 0.3) is 0 Å². The Labute approximate surface area is 182 Å².